The maximum absolute atomic E-state index is 3.43. The third-order valence-electron chi connectivity index (χ3n) is 4.21. The Balaban J connectivity index is 1.81. The molecule has 1 heterocycles. The normalized spacial score (nSPS) is 16.1. The second kappa shape index (κ2) is 6.10. The quantitative estimate of drug-likeness (QED) is 0.881. The van der Waals surface area contributed by atoms with Crippen molar-refractivity contribution in [2.24, 2.45) is 0 Å². The van der Waals surface area contributed by atoms with Gasteiger partial charge in [-0.3, -0.25) is 0 Å². The number of hydrogen-bond donors (Lipinski definition) is 2. The van der Waals surface area contributed by atoms with Crippen molar-refractivity contribution >= 4 is 5.69 Å². The Bertz CT molecular complexity index is 554. The van der Waals surface area contributed by atoms with Crippen LogP contribution in [-0.2, 0) is 0 Å². The Hall–Kier alpha value is -1.80. The first-order valence-corrected chi connectivity index (χ1v) is 7.46. The first kappa shape index (κ1) is 13.2. The Labute approximate surface area is 121 Å². The molecule has 1 aliphatic heterocycles. The standard InChI is InChI=1S/C18H22N2/c1-19-18-4-2-3-17(13-18)15-7-5-14(6-8-15)16-9-11-20-12-10-16/h2-8,13,16,19-20H,9-12H2,1H3. The Morgan fingerprint density at radius 1 is 0.950 bits per heavy atom. The molecular weight excluding hydrogens is 244 g/mol. The Morgan fingerprint density at radius 2 is 1.70 bits per heavy atom. The van der Waals surface area contributed by atoms with Crippen molar-refractivity contribution < 1.29 is 0 Å². The minimum atomic E-state index is 0.731. The van der Waals surface area contributed by atoms with Crippen molar-refractivity contribution in [3.05, 3.63) is 54.1 Å². The molecule has 0 aliphatic carbocycles. The molecule has 0 bridgehead atoms. The highest BCUT2D eigenvalue weighted by molar-refractivity contribution is 5.68. The Kier molecular flexibility index (Phi) is 4.03. The largest absolute Gasteiger partial charge is 0.388 e. The summed E-state index contributed by atoms with van der Waals surface area (Å²) in [6.07, 6.45) is 2.52. The van der Waals surface area contributed by atoms with E-state index in [1.54, 1.807) is 0 Å². The van der Waals surface area contributed by atoms with Gasteiger partial charge in [0.05, 0.1) is 0 Å². The van der Waals surface area contributed by atoms with Crippen LogP contribution in [0.25, 0.3) is 11.1 Å². The van der Waals surface area contributed by atoms with E-state index in [2.05, 4.69) is 59.2 Å². The molecule has 2 heteroatoms. The lowest BCUT2D eigenvalue weighted by atomic mass is 9.89. The van der Waals surface area contributed by atoms with Crippen LogP contribution in [0.3, 0.4) is 0 Å². The maximum atomic E-state index is 3.43. The molecular formula is C18H22N2. The van der Waals surface area contributed by atoms with Crippen LogP contribution in [0.2, 0.25) is 0 Å². The summed E-state index contributed by atoms with van der Waals surface area (Å²) in [7, 11) is 1.96. The molecule has 0 atom stereocenters. The zero-order valence-corrected chi connectivity index (χ0v) is 12.0. The summed E-state index contributed by atoms with van der Waals surface area (Å²) >= 11 is 0. The molecule has 1 aliphatic rings. The fraction of sp³-hybridized carbons (Fsp3) is 0.333. The van der Waals surface area contributed by atoms with Gasteiger partial charge in [0.15, 0.2) is 0 Å². The van der Waals surface area contributed by atoms with Crippen LogP contribution in [0.5, 0.6) is 0 Å². The van der Waals surface area contributed by atoms with Crippen LogP contribution in [0.1, 0.15) is 24.3 Å². The smallest absolute Gasteiger partial charge is 0.0343 e. The van der Waals surface area contributed by atoms with E-state index in [0.29, 0.717) is 0 Å². The second-order valence-electron chi connectivity index (χ2n) is 5.48. The SMILES string of the molecule is CNc1cccc(-c2ccc(C3CCNCC3)cc2)c1. The molecule has 3 rings (SSSR count). The molecule has 0 saturated carbocycles. The summed E-state index contributed by atoms with van der Waals surface area (Å²) in [4.78, 5) is 0. The van der Waals surface area contributed by atoms with Gasteiger partial charge in [-0.15, -0.1) is 0 Å². The van der Waals surface area contributed by atoms with Crippen LogP contribution in [0.4, 0.5) is 5.69 Å². The van der Waals surface area contributed by atoms with E-state index >= 15 is 0 Å². The highest BCUT2D eigenvalue weighted by atomic mass is 14.9. The number of benzene rings is 2. The lowest BCUT2D eigenvalue weighted by Crippen LogP contribution is -2.26. The summed E-state index contributed by atoms with van der Waals surface area (Å²) < 4.78 is 0. The molecule has 2 aromatic rings. The first-order valence-electron chi connectivity index (χ1n) is 7.46. The van der Waals surface area contributed by atoms with Gasteiger partial charge in [-0.05, 0) is 60.7 Å². The number of anilines is 1. The zero-order chi connectivity index (χ0) is 13.8. The van der Waals surface area contributed by atoms with Gasteiger partial charge in [0, 0.05) is 12.7 Å². The van der Waals surface area contributed by atoms with Crippen LogP contribution >= 0.6 is 0 Å². The van der Waals surface area contributed by atoms with E-state index in [4.69, 9.17) is 0 Å². The van der Waals surface area contributed by atoms with Crippen molar-refractivity contribution in [2.75, 3.05) is 25.5 Å². The molecule has 0 aromatic heterocycles. The Morgan fingerprint density at radius 3 is 2.40 bits per heavy atom. The van der Waals surface area contributed by atoms with E-state index in [0.717, 1.165) is 24.7 Å². The second-order valence-corrected chi connectivity index (χ2v) is 5.48. The summed E-state index contributed by atoms with van der Waals surface area (Å²) in [6, 6.07) is 17.7. The van der Waals surface area contributed by atoms with Crippen LogP contribution in [0, 0.1) is 0 Å². The van der Waals surface area contributed by atoms with Crippen molar-refractivity contribution in [3.63, 3.8) is 0 Å². The van der Waals surface area contributed by atoms with Crippen molar-refractivity contribution in [1.82, 2.24) is 5.32 Å². The first-order chi connectivity index (χ1) is 9.86. The topological polar surface area (TPSA) is 24.1 Å². The number of hydrogen-bond acceptors (Lipinski definition) is 2. The van der Waals surface area contributed by atoms with Gasteiger partial charge in [0.1, 0.15) is 0 Å². The van der Waals surface area contributed by atoms with Crippen molar-refractivity contribution in [1.29, 1.82) is 0 Å². The van der Waals surface area contributed by atoms with E-state index in [1.807, 2.05) is 7.05 Å². The van der Waals surface area contributed by atoms with Gasteiger partial charge in [-0.1, -0.05) is 36.4 Å². The monoisotopic (exact) mass is 266 g/mol. The van der Waals surface area contributed by atoms with Crippen molar-refractivity contribution in [3.8, 4) is 11.1 Å². The van der Waals surface area contributed by atoms with Crippen LogP contribution in [-0.4, -0.2) is 20.1 Å². The minimum Gasteiger partial charge on any atom is -0.388 e. The number of nitrogens with one attached hydrogen (secondary N) is 2. The highest BCUT2D eigenvalue weighted by Gasteiger charge is 2.14. The average Bonchev–Trinajstić information content (AvgIpc) is 2.56. The molecule has 2 N–H and O–H groups in total. The minimum absolute atomic E-state index is 0.731. The zero-order valence-electron chi connectivity index (χ0n) is 12.0. The predicted octanol–water partition coefficient (Wildman–Crippen LogP) is 3.86. The molecule has 1 fully saturated rings. The highest BCUT2D eigenvalue weighted by Crippen LogP contribution is 2.28. The molecule has 0 radical (unpaired) electrons. The van der Waals surface area contributed by atoms with E-state index in [-0.39, 0.29) is 0 Å². The van der Waals surface area contributed by atoms with Gasteiger partial charge in [0.2, 0.25) is 0 Å². The molecule has 0 spiro atoms. The van der Waals surface area contributed by atoms with Gasteiger partial charge < -0.3 is 10.6 Å². The summed E-state index contributed by atoms with van der Waals surface area (Å²) in [5, 5.41) is 6.62. The average molecular weight is 266 g/mol. The third-order valence-corrected chi connectivity index (χ3v) is 4.21. The number of rotatable bonds is 3. The predicted molar refractivity (Wildman–Crippen MR) is 86.3 cm³/mol. The van der Waals surface area contributed by atoms with E-state index < -0.39 is 0 Å². The van der Waals surface area contributed by atoms with Gasteiger partial charge in [-0.25, -0.2) is 0 Å². The summed E-state index contributed by atoms with van der Waals surface area (Å²) in [6.45, 7) is 2.30. The lowest BCUT2D eigenvalue weighted by Gasteiger charge is -2.23. The summed E-state index contributed by atoms with van der Waals surface area (Å²) in [5.74, 6) is 0.731. The van der Waals surface area contributed by atoms with Crippen molar-refractivity contribution in [2.45, 2.75) is 18.8 Å². The van der Waals surface area contributed by atoms with Gasteiger partial charge in [-0.2, -0.15) is 0 Å². The molecule has 104 valence electrons. The van der Waals surface area contributed by atoms with E-state index in [1.165, 1.54) is 29.5 Å². The fourth-order valence-electron chi connectivity index (χ4n) is 2.96. The lowest BCUT2D eigenvalue weighted by molar-refractivity contribution is 0.460. The summed E-state index contributed by atoms with van der Waals surface area (Å²) in [5.41, 5.74) is 5.21. The maximum Gasteiger partial charge on any atom is 0.0343 e. The fourth-order valence-corrected chi connectivity index (χ4v) is 2.96. The molecule has 1 saturated heterocycles. The van der Waals surface area contributed by atoms with Crippen LogP contribution < -0.4 is 10.6 Å². The number of piperidine rings is 1. The molecule has 0 unspecified atom stereocenters. The molecule has 2 aromatic carbocycles. The van der Waals surface area contributed by atoms with E-state index in [9.17, 15) is 0 Å². The van der Waals surface area contributed by atoms with Gasteiger partial charge >= 0.3 is 0 Å². The van der Waals surface area contributed by atoms with Crippen LogP contribution in [0.15, 0.2) is 48.5 Å². The molecule has 2 nitrogen and oxygen atoms in total. The molecule has 0 amide bonds. The molecule has 20 heavy (non-hydrogen) atoms. The van der Waals surface area contributed by atoms with Gasteiger partial charge in [0.25, 0.3) is 0 Å². The third kappa shape index (κ3) is 2.86.